The van der Waals surface area contributed by atoms with Gasteiger partial charge < -0.3 is 5.32 Å². The molecule has 128 valence electrons. The predicted octanol–water partition coefficient (Wildman–Crippen LogP) is 3.21. The van der Waals surface area contributed by atoms with Gasteiger partial charge in [-0.05, 0) is 56.6 Å². The van der Waals surface area contributed by atoms with Crippen molar-refractivity contribution in [3.05, 3.63) is 47.8 Å². The Kier molecular flexibility index (Phi) is 5.64. The Morgan fingerprint density at radius 2 is 1.88 bits per heavy atom. The Morgan fingerprint density at radius 1 is 1.12 bits per heavy atom. The number of hydrogen-bond donors (Lipinski definition) is 1. The molecule has 0 radical (unpaired) electrons. The van der Waals surface area contributed by atoms with E-state index in [2.05, 4.69) is 27.4 Å². The van der Waals surface area contributed by atoms with E-state index in [9.17, 15) is 4.79 Å². The molecule has 0 spiro atoms. The Balaban J connectivity index is 1.45. The number of benzene rings is 1. The zero-order valence-corrected chi connectivity index (χ0v) is 14.4. The van der Waals surface area contributed by atoms with Crippen LogP contribution in [0.5, 0.6) is 0 Å². The minimum Gasteiger partial charge on any atom is -0.326 e. The summed E-state index contributed by atoms with van der Waals surface area (Å²) in [5.74, 6) is 0.0203. The molecule has 0 saturated carbocycles. The molecule has 1 aliphatic heterocycles. The first-order chi connectivity index (χ1) is 11.7. The molecule has 24 heavy (non-hydrogen) atoms. The Labute approximate surface area is 143 Å². The molecule has 0 unspecified atom stereocenters. The Morgan fingerprint density at radius 3 is 2.54 bits per heavy atom. The molecule has 1 saturated heterocycles. The van der Waals surface area contributed by atoms with E-state index in [0.29, 0.717) is 13.0 Å². The molecule has 1 aliphatic rings. The molecule has 1 aromatic heterocycles. The summed E-state index contributed by atoms with van der Waals surface area (Å²) < 4.78 is 1.80. The largest absolute Gasteiger partial charge is 0.326 e. The molecule has 0 atom stereocenters. The number of hydrogen-bond acceptors (Lipinski definition) is 3. The lowest BCUT2D eigenvalue weighted by Gasteiger charge is -2.26. The van der Waals surface area contributed by atoms with E-state index in [4.69, 9.17) is 0 Å². The van der Waals surface area contributed by atoms with Crippen molar-refractivity contribution in [1.82, 2.24) is 14.7 Å². The number of amides is 1. The van der Waals surface area contributed by atoms with Gasteiger partial charge in [-0.2, -0.15) is 5.10 Å². The van der Waals surface area contributed by atoms with Crippen molar-refractivity contribution in [3.63, 3.8) is 0 Å². The van der Waals surface area contributed by atoms with Gasteiger partial charge in [0, 0.05) is 31.4 Å². The molecular weight excluding hydrogens is 300 g/mol. The lowest BCUT2D eigenvalue weighted by atomic mass is 10.1. The third kappa shape index (κ3) is 4.93. The summed E-state index contributed by atoms with van der Waals surface area (Å²) in [7, 11) is 0. The van der Waals surface area contributed by atoms with Crippen LogP contribution in [0.1, 0.15) is 36.9 Å². The van der Waals surface area contributed by atoms with Crippen LogP contribution in [0, 0.1) is 6.92 Å². The van der Waals surface area contributed by atoms with Crippen LogP contribution in [0.2, 0.25) is 0 Å². The minimum absolute atomic E-state index is 0.0203. The molecule has 2 aromatic rings. The number of likely N-dealkylation sites (tertiary alicyclic amines) is 1. The fraction of sp³-hybridized carbons (Fsp3) is 0.474. The smallest absolute Gasteiger partial charge is 0.226 e. The number of anilines is 1. The maximum absolute atomic E-state index is 12.0. The van der Waals surface area contributed by atoms with Gasteiger partial charge in [-0.1, -0.05) is 18.6 Å². The monoisotopic (exact) mass is 326 g/mol. The zero-order chi connectivity index (χ0) is 16.8. The summed E-state index contributed by atoms with van der Waals surface area (Å²) in [5.41, 5.74) is 3.14. The van der Waals surface area contributed by atoms with Crippen LogP contribution in [-0.4, -0.2) is 33.7 Å². The molecule has 0 bridgehead atoms. The van der Waals surface area contributed by atoms with Crippen molar-refractivity contribution in [2.24, 2.45) is 0 Å². The fourth-order valence-electron chi connectivity index (χ4n) is 3.10. The number of aryl methyl sites for hydroxylation is 2. The summed E-state index contributed by atoms with van der Waals surface area (Å²) >= 11 is 0. The van der Waals surface area contributed by atoms with E-state index in [-0.39, 0.29) is 5.91 Å². The molecular formula is C19H26N4O. The highest BCUT2D eigenvalue weighted by Gasteiger charge is 2.10. The summed E-state index contributed by atoms with van der Waals surface area (Å²) in [6, 6.07) is 10.2. The van der Waals surface area contributed by atoms with Crippen molar-refractivity contribution in [2.45, 2.75) is 45.7 Å². The number of carbonyl (C=O) groups is 1. The Hall–Kier alpha value is -2.14. The van der Waals surface area contributed by atoms with Gasteiger partial charge in [0.15, 0.2) is 0 Å². The fourth-order valence-corrected chi connectivity index (χ4v) is 3.10. The predicted molar refractivity (Wildman–Crippen MR) is 95.8 cm³/mol. The quantitative estimate of drug-likeness (QED) is 0.887. The second-order valence-electron chi connectivity index (χ2n) is 6.55. The molecule has 2 heterocycles. The highest BCUT2D eigenvalue weighted by molar-refractivity contribution is 5.90. The second kappa shape index (κ2) is 8.11. The second-order valence-corrected chi connectivity index (χ2v) is 6.55. The maximum Gasteiger partial charge on any atom is 0.226 e. The SMILES string of the molecule is Cc1ccn(CCC(=O)Nc2ccc(CN3CCCCC3)cc2)n1. The number of rotatable bonds is 6. The number of piperidine rings is 1. The number of aromatic nitrogens is 2. The van der Waals surface area contributed by atoms with E-state index in [1.54, 1.807) is 4.68 Å². The number of nitrogens with zero attached hydrogens (tertiary/aromatic N) is 3. The van der Waals surface area contributed by atoms with Crippen LogP contribution in [0.3, 0.4) is 0 Å². The molecule has 1 N–H and O–H groups in total. The van der Waals surface area contributed by atoms with Crippen LogP contribution in [0.15, 0.2) is 36.5 Å². The van der Waals surface area contributed by atoms with Crippen molar-refractivity contribution < 1.29 is 4.79 Å². The average molecular weight is 326 g/mol. The van der Waals surface area contributed by atoms with Crippen molar-refractivity contribution in [2.75, 3.05) is 18.4 Å². The number of nitrogens with one attached hydrogen (secondary N) is 1. The molecule has 5 nitrogen and oxygen atoms in total. The van der Waals surface area contributed by atoms with E-state index in [1.165, 1.54) is 37.9 Å². The lowest BCUT2D eigenvalue weighted by Crippen LogP contribution is -2.29. The standard InChI is InChI=1S/C19H26N4O/c1-16-9-13-23(21-16)14-10-19(24)20-18-7-5-17(6-8-18)15-22-11-3-2-4-12-22/h5-9,13H,2-4,10-12,14-15H2,1H3,(H,20,24). The van der Waals surface area contributed by atoms with Gasteiger partial charge in [-0.15, -0.1) is 0 Å². The third-order valence-corrected chi connectivity index (χ3v) is 4.43. The molecule has 5 heteroatoms. The van der Waals surface area contributed by atoms with Crippen LogP contribution < -0.4 is 5.32 Å². The van der Waals surface area contributed by atoms with E-state index >= 15 is 0 Å². The average Bonchev–Trinajstić information content (AvgIpc) is 3.01. The van der Waals surface area contributed by atoms with E-state index in [1.807, 2.05) is 31.3 Å². The number of carbonyl (C=O) groups excluding carboxylic acids is 1. The summed E-state index contributed by atoms with van der Waals surface area (Å²) in [6.45, 7) is 5.96. The van der Waals surface area contributed by atoms with Gasteiger partial charge in [-0.3, -0.25) is 14.4 Å². The zero-order valence-electron chi connectivity index (χ0n) is 14.4. The first kappa shape index (κ1) is 16.7. The van der Waals surface area contributed by atoms with Gasteiger partial charge in [0.05, 0.1) is 5.69 Å². The van der Waals surface area contributed by atoms with E-state index < -0.39 is 0 Å². The lowest BCUT2D eigenvalue weighted by molar-refractivity contribution is -0.116. The summed E-state index contributed by atoms with van der Waals surface area (Å²) in [6.07, 6.45) is 6.31. The van der Waals surface area contributed by atoms with Crippen molar-refractivity contribution >= 4 is 11.6 Å². The van der Waals surface area contributed by atoms with Crippen molar-refractivity contribution in [3.8, 4) is 0 Å². The van der Waals surface area contributed by atoms with Crippen molar-refractivity contribution in [1.29, 1.82) is 0 Å². The van der Waals surface area contributed by atoms with Gasteiger partial charge >= 0.3 is 0 Å². The first-order valence-corrected chi connectivity index (χ1v) is 8.80. The maximum atomic E-state index is 12.0. The molecule has 0 aliphatic carbocycles. The van der Waals surface area contributed by atoms with Crippen LogP contribution in [-0.2, 0) is 17.9 Å². The highest BCUT2D eigenvalue weighted by atomic mass is 16.1. The van der Waals surface area contributed by atoms with E-state index in [0.717, 1.165) is 17.9 Å². The molecule has 1 amide bonds. The first-order valence-electron chi connectivity index (χ1n) is 8.80. The normalized spacial score (nSPS) is 15.4. The van der Waals surface area contributed by atoms with Gasteiger partial charge in [0.1, 0.15) is 0 Å². The molecule has 1 aromatic carbocycles. The summed E-state index contributed by atoms with van der Waals surface area (Å²) in [5, 5.41) is 7.24. The highest BCUT2D eigenvalue weighted by Crippen LogP contribution is 2.15. The van der Waals surface area contributed by atoms with Crippen LogP contribution in [0.25, 0.3) is 0 Å². The topological polar surface area (TPSA) is 50.2 Å². The van der Waals surface area contributed by atoms with Crippen LogP contribution in [0.4, 0.5) is 5.69 Å². The summed E-state index contributed by atoms with van der Waals surface area (Å²) in [4.78, 5) is 14.5. The van der Waals surface area contributed by atoms with Gasteiger partial charge in [-0.25, -0.2) is 0 Å². The Bertz CT molecular complexity index is 656. The van der Waals surface area contributed by atoms with Crippen LogP contribution >= 0.6 is 0 Å². The minimum atomic E-state index is 0.0203. The molecule has 3 rings (SSSR count). The molecule has 1 fully saturated rings. The van der Waals surface area contributed by atoms with Gasteiger partial charge in [0.25, 0.3) is 0 Å². The van der Waals surface area contributed by atoms with Gasteiger partial charge in [0.2, 0.25) is 5.91 Å². The third-order valence-electron chi connectivity index (χ3n) is 4.43.